The summed E-state index contributed by atoms with van der Waals surface area (Å²) in [7, 11) is 1.35. The van der Waals surface area contributed by atoms with E-state index in [-0.39, 0.29) is 24.8 Å². The van der Waals surface area contributed by atoms with Crippen LogP contribution in [0.1, 0.15) is 33.6 Å². The molecule has 0 aliphatic carbocycles. The van der Waals surface area contributed by atoms with Gasteiger partial charge < -0.3 is 37.9 Å². The molecule has 0 amide bonds. The molecule has 0 saturated heterocycles. The SMILES string of the molecule is COC(=O)CCOCCOCCOCCOCCOCCOCCC(=O)OC(C)(C)C. The van der Waals surface area contributed by atoms with Gasteiger partial charge in [0.2, 0.25) is 0 Å². The summed E-state index contributed by atoms with van der Waals surface area (Å²) in [5.41, 5.74) is -0.469. The summed E-state index contributed by atoms with van der Waals surface area (Å²) in [5.74, 6) is -0.554. The lowest BCUT2D eigenvalue weighted by Crippen LogP contribution is -2.24. The van der Waals surface area contributed by atoms with E-state index in [4.69, 9.17) is 33.2 Å². The monoisotopic (exact) mass is 452 g/mol. The lowest BCUT2D eigenvalue weighted by molar-refractivity contribution is -0.156. The van der Waals surface area contributed by atoms with E-state index in [1.807, 2.05) is 20.8 Å². The Morgan fingerprint density at radius 2 is 0.806 bits per heavy atom. The number of rotatable bonds is 21. The fourth-order valence-corrected chi connectivity index (χ4v) is 2.01. The third kappa shape index (κ3) is 24.8. The quantitative estimate of drug-likeness (QED) is 0.187. The normalized spacial score (nSPS) is 11.5. The minimum atomic E-state index is -0.469. The highest BCUT2D eigenvalue weighted by Gasteiger charge is 2.15. The summed E-state index contributed by atoms with van der Waals surface area (Å²) >= 11 is 0. The van der Waals surface area contributed by atoms with Crippen molar-refractivity contribution in [3.8, 4) is 0 Å². The van der Waals surface area contributed by atoms with E-state index in [1.165, 1.54) is 7.11 Å². The molecule has 0 heterocycles. The highest BCUT2D eigenvalue weighted by atomic mass is 16.6. The second-order valence-electron chi connectivity index (χ2n) is 7.34. The zero-order chi connectivity index (χ0) is 23.2. The van der Waals surface area contributed by atoms with Crippen molar-refractivity contribution in [2.75, 3.05) is 86.4 Å². The average Bonchev–Trinajstić information content (AvgIpc) is 2.70. The van der Waals surface area contributed by atoms with E-state index < -0.39 is 5.60 Å². The van der Waals surface area contributed by atoms with Crippen LogP contribution in [0.2, 0.25) is 0 Å². The predicted octanol–water partition coefficient (Wildman–Crippen LogP) is 1.38. The molecule has 0 fully saturated rings. The first-order chi connectivity index (χ1) is 14.8. The van der Waals surface area contributed by atoms with Crippen molar-refractivity contribution >= 4 is 11.9 Å². The number of carbonyl (C=O) groups excluding carboxylic acids is 2. The van der Waals surface area contributed by atoms with Crippen molar-refractivity contribution in [3.05, 3.63) is 0 Å². The van der Waals surface area contributed by atoms with Gasteiger partial charge in [-0.25, -0.2) is 0 Å². The highest BCUT2D eigenvalue weighted by Crippen LogP contribution is 2.07. The summed E-state index contributed by atoms with van der Waals surface area (Å²) < 4.78 is 41.7. The lowest BCUT2D eigenvalue weighted by Gasteiger charge is -2.19. The summed E-state index contributed by atoms with van der Waals surface area (Å²) in [6.45, 7) is 10.7. The Hall–Kier alpha value is -1.30. The second-order valence-corrected chi connectivity index (χ2v) is 7.34. The molecule has 0 aromatic carbocycles. The summed E-state index contributed by atoms with van der Waals surface area (Å²) in [4.78, 5) is 22.3. The smallest absolute Gasteiger partial charge is 0.308 e. The molecule has 0 aliphatic heterocycles. The molecular formula is C21H40O10. The van der Waals surface area contributed by atoms with Crippen molar-refractivity contribution in [2.24, 2.45) is 0 Å². The fraction of sp³-hybridized carbons (Fsp3) is 0.905. The average molecular weight is 453 g/mol. The first-order valence-electron chi connectivity index (χ1n) is 10.6. The van der Waals surface area contributed by atoms with Crippen LogP contribution in [-0.4, -0.2) is 104 Å². The van der Waals surface area contributed by atoms with E-state index >= 15 is 0 Å². The third-order valence-electron chi connectivity index (χ3n) is 3.41. The number of carbonyl (C=O) groups is 2. The van der Waals surface area contributed by atoms with Crippen LogP contribution >= 0.6 is 0 Å². The lowest BCUT2D eigenvalue weighted by atomic mass is 10.2. The van der Waals surface area contributed by atoms with E-state index in [0.717, 1.165) is 0 Å². The third-order valence-corrected chi connectivity index (χ3v) is 3.41. The molecule has 0 aliphatic rings. The Morgan fingerprint density at radius 3 is 1.10 bits per heavy atom. The molecule has 0 unspecified atom stereocenters. The first kappa shape index (κ1) is 29.7. The molecule has 184 valence electrons. The standard InChI is InChI=1S/C21H40O10/c1-21(2,3)31-20(23)6-8-26-10-12-28-14-16-30-18-17-29-15-13-27-11-9-25-7-5-19(22)24-4/h5-18H2,1-4H3. The molecule has 0 N–H and O–H groups in total. The van der Waals surface area contributed by atoms with Crippen LogP contribution in [0.15, 0.2) is 0 Å². The minimum Gasteiger partial charge on any atom is -0.469 e. The van der Waals surface area contributed by atoms with Gasteiger partial charge in [0.1, 0.15) is 5.60 Å². The zero-order valence-electron chi connectivity index (χ0n) is 19.5. The fourth-order valence-electron chi connectivity index (χ4n) is 2.01. The molecular weight excluding hydrogens is 412 g/mol. The Morgan fingerprint density at radius 1 is 0.516 bits per heavy atom. The van der Waals surface area contributed by atoms with Crippen molar-refractivity contribution in [1.82, 2.24) is 0 Å². The van der Waals surface area contributed by atoms with Gasteiger partial charge in [0, 0.05) is 0 Å². The molecule has 0 saturated carbocycles. The van der Waals surface area contributed by atoms with Crippen LogP contribution in [-0.2, 0) is 47.5 Å². The molecule has 0 spiro atoms. The summed E-state index contributed by atoms with van der Waals surface area (Å²) in [5, 5.41) is 0. The minimum absolute atomic E-state index is 0.232. The topological polar surface area (TPSA) is 108 Å². The van der Waals surface area contributed by atoms with E-state index in [9.17, 15) is 9.59 Å². The number of hydrogen-bond donors (Lipinski definition) is 0. The Bertz CT molecular complexity index is 436. The molecule has 31 heavy (non-hydrogen) atoms. The van der Waals surface area contributed by atoms with E-state index in [2.05, 4.69) is 4.74 Å². The van der Waals surface area contributed by atoms with Crippen LogP contribution in [0.5, 0.6) is 0 Å². The summed E-state index contributed by atoms with van der Waals surface area (Å²) in [6, 6.07) is 0. The molecule has 0 aromatic heterocycles. The molecule has 0 aromatic rings. The highest BCUT2D eigenvalue weighted by molar-refractivity contribution is 5.70. The maximum Gasteiger partial charge on any atom is 0.308 e. The van der Waals surface area contributed by atoms with Crippen LogP contribution in [0.4, 0.5) is 0 Å². The van der Waals surface area contributed by atoms with Gasteiger partial charge in [-0.05, 0) is 20.8 Å². The van der Waals surface area contributed by atoms with Gasteiger partial charge in [0.15, 0.2) is 0 Å². The molecule has 10 heteroatoms. The van der Waals surface area contributed by atoms with Gasteiger partial charge >= 0.3 is 11.9 Å². The van der Waals surface area contributed by atoms with Crippen molar-refractivity contribution < 1.29 is 47.5 Å². The van der Waals surface area contributed by atoms with Gasteiger partial charge in [0.25, 0.3) is 0 Å². The molecule has 0 radical (unpaired) electrons. The van der Waals surface area contributed by atoms with Crippen molar-refractivity contribution in [2.45, 2.75) is 39.2 Å². The zero-order valence-corrected chi connectivity index (χ0v) is 19.5. The molecule has 10 nitrogen and oxygen atoms in total. The molecule has 0 atom stereocenters. The molecule has 0 rings (SSSR count). The largest absolute Gasteiger partial charge is 0.469 e. The number of hydrogen-bond acceptors (Lipinski definition) is 10. The van der Waals surface area contributed by atoms with Gasteiger partial charge in [-0.2, -0.15) is 0 Å². The number of esters is 2. The number of ether oxygens (including phenoxy) is 8. The second kappa shape index (κ2) is 20.6. The summed E-state index contributed by atoms with van der Waals surface area (Å²) in [6.07, 6.45) is 0.477. The van der Waals surface area contributed by atoms with Crippen molar-refractivity contribution in [3.63, 3.8) is 0 Å². The first-order valence-corrected chi connectivity index (χ1v) is 10.6. The predicted molar refractivity (Wildman–Crippen MR) is 112 cm³/mol. The maximum atomic E-state index is 11.5. The van der Waals surface area contributed by atoms with Crippen LogP contribution in [0, 0.1) is 0 Å². The van der Waals surface area contributed by atoms with Crippen molar-refractivity contribution in [1.29, 1.82) is 0 Å². The Labute approximate surface area is 185 Å². The molecule has 0 bridgehead atoms. The van der Waals surface area contributed by atoms with E-state index in [1.54, 1.807) is 0 Å². The van der Waals surface area contributed by atoms with Crippen LogP contribution < -0.4 is 0 Å². The number of methoxy groups -OCH3 is 1. The van der Waals surface area contributed by atoms with E-state index in [0.29, 0.717) is 79.3 Å². The van der Waals surface area contributed by atoms with Gasteiger partial charge in [-0.1, -0.05) is 0 Å². The van der Waals surface area contributed by atoms with Gasteiger partial charge in [-0.3, -0.25) is 9.59 Å². The van der Waals surface area contributed by atoms with Crippen LogP contribution in [0.3, 0.4) is 0 Å². The Kier molecular flexibility index (Phi) is 19.7. The van der Waals surface area contributed by atoms with Gasteiger partial charge in [0.05, 0.1) is 99.2 Å². The van der Waals surface area contributed by atoms with Crippen LogP contribution in [0.25, 0.3) is 0 Å². The maximum absolute atomic E-state index is 11.5. The Balaban J connectivity index is 3.14. The van der Waals surface area contributed by atoms with Gasteiger partial charge in [-0.15, -0.1) is 0 Å².